The second kappa shape index (κ2) is 8.82. The molecular formula is C25H23ClN2O3. The lowest BCUT2D eigenvalue weighted by Crippen LogP contribution is -2.12. The molecule has 0 fully saturated rings. The normalized spacial score (nSPS) is 11.1. The molecule has 0 bridgehead atoms. The molecule has 0 atom stereocenters. The Hall–Kier alpha value is -3.31. The molecule has 0 saturated heterocycles. The van der Waals surface area contributed by atoms with Gasteiger partial charge in [0, 0.05) is 11.1 Å². The number of oxazole rings is 1. The summed E-state index contributed by atoms with van der Waals surface area (Å²) in [7, 11) is 0. The number of nitrogens with zero attached hydrogens (tertiary/aromatic N) is 1. The molecule has 1 N–H and O–H groups in total. The molecule has 1 aromatic heterocycles. The summed E-state index contributed by atoms with van der Waals surface area (Å²) in [6.07, 6.45) is 0. The van der Waals surface area contributed by atoms with Crippen LogP contribution in [0.2, 0.25) is 5.02 Å². The van der Waals surface area contributed by atoms with Crippen molar-refractivity contribution in [3.8, 4) is 17.2 Å². The third-order valence-electron chi connectivity index (χ3n) is 4.71. The summed E-state index contributed by atoms with van der Waals surface area (Å²) in [6, 6.07) is 18.2. The number of fused-ring (bicyclic) bond motifs is 1. The van der Waals surface area contributed by atoms with Gasteiger partial charge in [-0.1, -0.05) is 31.5 Å². The number of halogens is 1. The Morgan fingerprint density at radius 1 is 1.10 bits per heavy atom. The number of aromatic nitrogens is 1. The van der Waals surface area contributed by atoms with E-state index in [0.717, 1.165) is 28.0 Å². The van der Waals surface area contributed by atoms with Gasteiger partial charge in [-0.25, -0.2) is 4.98 Å². The van der Waals surface area contributed by atoms with E-state index in [4.69, 9.17) is 20.8 Å². The minimum absolute atomic E-state index is 0.261. The maximum Gasteiger partial charge on any atom is 0.255 e. The zero-order chi connectivity index (χ0) is 22.0. The van der Waals surface area contributed by atoms with Gasteiger partial charge in [-0.15, -0.1) is 0 Å². The number of benzene rings is 3. The fraction of sp³-hybridized carbons (Fsp3) is 0.200. The summed E-state index contributed by atoms with van der Waals surface area (Å²) in [5, 5.41) is 3.30. The number of aryl methyl sites for hydroxylation is 1. The average molecular weight is 435 g/mol. The highest BCUT2D eigenvalue weighted by Crippen LogP contribution is 2.31. The van der Waals surface area contributed by atoms with Gasteiger partial charge in [0.05, 0.1) is 17.3 Å². The van der Waals surface area contributed by atoms with Crippen molar-refractivity contribution in [2.24, 2.45) is 5.92 Å². The lowest BCUT2D eigenvalue weighted by Gasteiger charge is -2.10. The van der Waals surface area contributed by atoms with Crippen molar-refractivity contribution in [1.29, 1.82) is 0 Å². The van der Waals surface area contributed by atoms with Crippen LogP contribution in [0.15, 0.2) is 65.1 Å². The molecular weight excluding hydrogens is 412 g/mol. The maximum absolute atomic E-state index is 12.7. The van der Waals surface area contributed by atoms with Gasteiger partial charge in [0.2, 0.25) is 5.89 Å². The van der Waals surface area contributed by atoms with E-state index < -0.39 is 0 Å². The van der Waals surface area contributed by atoms with E-state index >= 15 is 0 Å². The molecule has 5 nitrogen and oxygen atoms in total. The molecule has 158 valence electrons. The fourth-order valence-corrected chi connectivity index (χ4v) is 3.23. The molecule has 4 aromatic rings. The second-order valence-electron chi connectivity index (χ2n) is 7.87. The highest BCUT2D eigenvalue weighted by molar-refractivity contribution is 6.34. The van der Waals surface area contributed by atoms with Crippen LogP contribution >= 0.6 is 11.6 Å². The van der Waals surface area contributed by atoms with Crippen molar-refractivity contribution in [2.45, 2.75) is 20.8 Å². The quantitative estimate of drug-likeness (QED) is 0.364. The first-order valence-corrected chi connectivity index (χ1v) is 10.5. The molecule has 31 heavy (non-hydrogen) atoms. The fourth-order valence-electron chi connectivity index (χ4n) is 3.07. The van der Waals surface area contributed by atoms with Gasteiger partial charge in [0.1, 0.15) is 11.3 Å². The Bertz CT molecular complexity index is 1230. The summed E-state index contributed by atoms with van der Waals surface area (Å²) in [4.78, 5) is 17.3. The zero-order valence-corrected chi connectivity index (χ0v) is 18.4. The van der Waals surface area contributed by atoms with E-state index in [0.29, 0.717) is 34.7 Å². The molecule has 1 amide bonds. The van der Waals surface area contributed by atoms with Crippen LogP contribution in [0.25, 0.3) is 22.6 Å². The molecule has 0 unspecified atom stereocenters. The smallest absolute Gasteiger partial charge is 0.255 e. The van der Waals surface area contributed by atoms with E-state index in [-0.39, 0.29) is 5.91 Å². The van der Waals surface area contributed by atoms with Crippen LogP contribution in [-0.4, -0.2) is 17.5 Å². The SMILES string of the molecule is Cc1ccc2nc(-c3ccc(Cl)c(NC(=O)c4ccc(OCC(C)C)cc4)c3)oc2c1. The highest BCUT2D eigenvalue weighted by atomic mass is 35.5. The first-order valence-electron chi connectivity index (χ1n) is 10.1. The largest absolute Gasteiger partial charge is 0.493 e. The average Bonchev–Trinajstić information content (AvgIpc) is 3.17. The predicted molar refractivity (Wildman–Crippen MR) is 124 cm³/mol. The van der Waals surface area contributed by atoms with Crippen molar-refractivity contribution in [1.82, 2.24) is 4.98 Å². The van der Waals surface area contributed by atoms with Crippen LogP contribution in [0.4, 0.5) is 5.69 Å². The van der Waals surface area contributed by atoms with Crippen molar-refractivity contribution >= 4 is 34.3 Å². The minimum atomic E-state index is -0.261. The van der Waals surface area contributed by atoms with Gasteiger partial charge in [0.15, 0.2) is 5.58 Å². The van der Waals surface area contributed by atoms with Gasteiger partial charge in [-0.2, -0.15) is 0 Å². The van der Waals surface area contributed by atoms with Crippen LogP contribution in [0.5, 0.6) is 5.75 Å². The minimum Gasteiger partial charge on any atom is -0.493 e. The van der Waals surface area contributed by atoms with E-state index in [9.17, 15) is 4.79 Å². The van der Waals surface area contributed by atoms with Gasteiger partial charge in [-0.3, -0.25) is 4.79 Å². The predicted octanol–water partition coefficient (Wildman–Crippen LogP) is 6.74. The first-order chi connectivity index (χ1) is 14.9. The summed E-state index contributed by atoms with van der Waals surface area (Å²) < 4.78 is 11.6. The number of carbonyl (C=O) groups excluding carboxylic acids is 1. The van der Waals surface area contributed by atoms with Crippen molar-refractivity contribution in [3.05, 3.63) is 76.8 Å². The van der Waals surface area contributed by atoms with Crippen LogP contribution in [0.1, 0.15) is 29.8 Å². The van der Waals surface area contributed by atoms with Crippen LogP contribution < -0.4 is 10.1 Å². The molecule has 0 spiro atoms. The first kappa shape index (κ1) is 20.9. The molecule has 0 aliphatic carbocycles. The zero-order valence-electron chi connectivity index (χ0n) is 17.6. The monoisotopic (exact) mass is 434 g/mol. The summed E-state index contributed by atoms with van der Waals surface area (Å²) in [5.74, 6) is 1.38. The van der Waals surface area contributed by atoms with E-state index in [2.05, 4.69) is 24.1 Å². The second-order valence-corrected chi connectivity index (χ2v) is 8.28. The molecule has 0 aliphatic heterocycles. The highest BCUT2D eigenvalue weighted by Gasteiger charge is 2.13. The summed E-state index contributed by atoms with van der Waals surface area (Å²) >= 11 is 6.33. The molecule has 0 radical (unpaired) electrons. The summed E-state index contributed by atoms with van der Waals surface area (Å²) in [6.45, 7) is 6.80. The lowest BCUT2D eigenvalue weighted by atomic mass is 10.1. The Kier molecular flexibility index (Phi) is 5.96. The molecule has 6 heteroatoms. The van der Waals surface area contributed by atoms with Gasteiger partial charge in [0.25, 0.3) is 5.91 Å². The Morgan fingerprint density at radius 2 is 1.87 bits per heavy atom. The number of carbonyl (C=O) groups is 1. The Balaban J connectivity index is 1.53. The molecule has 1 heterocycles. The number of nitrogens with one attached hydrogen (secondary N) is 1. The number of amides is 1. The number of hydrogen-bond acceptors (Lipinski definition) is 4. The topological polar surface area (TPSA) is 64.4 Å². The van der Waals surface area contributed by atoms with Crippen LogP contribution in [0, 0.1) is 12.8 Å². The van der Waals surface area contributed by atoms with Gasteiger partial charge in [-0.05, 0) is 73.0 Å². The van der Waals surface area contributed by atoms with E-state index in [1.165, 1.54) is 0 Å². The standard InChI is InChI=1S/C25H23ClN2O3/c1-15(2)14-30-19-8-5-17(6-9-19)24(29)27-22-13-18(7-10-20(22)26)25-28-21-11-4-16(3)12-23(21)31-25/h4-13,15H,14H2,1-3H3,(H,27,29). The summed E-state index contributed by atoms with van der Waals surface area (Å²) in [5.41, 5.74) is 4.32. The molecule has 0 aliphatic rings. The van der Waals surface area contributed by atoms with Crippen LogP contribution in [0.3, 0.4) is 0 Å². The number of hydrogen-bond donors (Lipinski definition) is 1. The third-order valence-corrected chi connectivity index (χ3v) is 5.03. The third kappa shape index (κ3) is 4.89. The molecule has 0 saturated carbocycles. The van der Waals surface area contributed by atoms with Gasteiger partial charge >= 0.3 is 0 Å². The number of rotatable bonds is 6. The van der Waals surface area contributed by atoms with Gasteiger partial charge < -0.3 is 14.5 Å². The lowest BCUT2D eigenvalue weighted by molar-refractivity contribution is 0.102. The Labute approximate surface area is 186 Å². The van der Waals surface area contributed by atoms with Crippen molar-refractivity contribution in [3.63, 3.8) is 0 Å². The molecule has 4 rings (SSSR count). The van der Waals surface area contributed by atoms with Crippen molar-refractivity contribution < 1.29 is 13.9 Å². The van der Waals surface area contributed by atoms with Crippen LogP contribution in [-0.2, 0) is 0 Å². The number of ether oxygens (including phenoxy) is 1. The number of anilines is 1. The maximum atomic E-state index is 12.7. The Morgan fingerprint density at radius 3 is 2.61 bits per heavy atom. The van der Waals surface area contributed by atoms with E-state index in [1.54, 1.807) is 36.4 Å². The van der Waals surface area contributed by atoms with E-state index in [1.807, 2.05) is 31.2 Å². The molecule has 3 aromatic carbocycles. The van der Waals surface area contributed by atoms with Crippen molar-refractivity contribution in [2.75, 3.05) is 11.9 Å².